The van der Waals surface area contributed by atoms with Gasteiger partial charge < -0.3 is 15.4 Å². The highest BCUT2D eigenvalue weighted by Gasteiger charge is 2.09. The number of nitrogens with one attached hydrogen (secondary N) is 2. The predicted molar refractivity (Wildman–Crippen MR) is 103 cm³/mol. The molecule has 25 heavy (non-hydrogen) atoms. The second kappa shape index (κ2) is 7.81. The maximum absolute atomic E-state index is 12.3. The number of aromatic nitrogens is 1. The number of hydrogen-bond acceptors (Lipinski definition) is 4. The Balaban J connectivity index is 1.71. The number of thiazole rings is 1. The molecule has 0 spiro atoms. The van der Waals surface area contributed by atoms with E-state index in [-0.39, 0.29) is 6.03 Å². The Morgan fingerprint density at radius 2 is 2.00 bits per heavy atom. The van der Waals surface area contributed by atoms with Gasteiger partial charge in [-0.3, -0.25) is 0 Å². The van der Waals surface area contributed by atoms with Crippen molar-refractivity contribution in [2.75, 3.05) is 17.2 Å². The molecule has 3 rings (SSSR count). The van der Waals surface area contributed by atoms with Gasteiger partial charge in [-0.1, -0.05) is 24.3 Å². The number of rotatable bonds is 5. The van der Waals surface area contributed by atoms with Crippen LogP contribution in [0.4, 0.5) is 16.2 Å². The zero-order chi connectivity index (χ0) is 17.6. The highest BCUT2D eigenvalue weighted by Crippen LogP contribution is 2.26. The van der Waals surface area contributed by atoms with Gasteiger partial charge in [0.05, 0.1) is 23.0 Å². The molecular weight excluding hydrogens is 334 g/mol. The molecule has 3 aromatic rings. The fourth-order valence-electron chi connectivity index (χ4n) is 2.39. The molecule has 0 saturated heterocycles. The van der Waals surface area contributed by atoms with Gasteiger partial charge in [0.1, 0.15) is 5.75 Å². The van der Waals surface area contributed by atoms with Gasteiger partial charge >= 0.3 is 6.03 Å². The molecule has 6 heteroatoms. The number of hydrogen-bond donors (Lipinski definition) is 2. The lowest BCUT2D eigenvalue weighted by Gasteiger charge is -2.12. The lowest BCUT2D eigenvalue weighted by Crippen LogP contribution is -2.19. The summed E-state index contributed by atoms with van der Waals surface area (Å²) in [5.41, 5.74) is 3.22. The molecule has 2 N–H and O–H groups in total. The number of anilines is 2. The summed E-state index contributed by atoms with van der Waals surface area (Å²) in [6.07, 6.45) is 0. The minimum absolute atomic E-state index is 0.321. The van der Waals surface area contributed by atoms with Crippen LogP contribution in [0.25, 0.3) is 11.3 Å². The van der Waals surface area contributed by atoms with Crippen LogP contribution in [0.1, 0.15) is 11.9 Å². The van der Waals surface area contributed by atoms with E-state index in [0.717, 1.165) is 16.3 Å². The number of ether oxygens (including phenoxy) is 1. The first-order chi connectivity index (χ1) is 12.2. The van der Waals surface area contributed by atoms with E-state index in [9.17, 15) is 4.79 Å². The molecule has 0 aliphatic heterocycles. The van der Waals surface area contributed by atoms with E-state index in [1.807, 2.05) is 61.7 Å². The number of nitrogens with zero attached hydrogens (tertiary/aromatic N) is 1. The van der Waals surface area contributed by atoms with Gasteiger partial charge in [0, 0.05) is 16.6 Å². The fraction of sp³-hybridized carbons (Fsp3) is 0.158. The molecule has 0 unspecified atom stereocenters. The quantitative estimate of drug-likeness (QED) is 0.666. The van der Waals surface area contributed by atoms with Crippen LogP contribution in [0.15, 0.2) is 53.9 Å². The number of benzene rings is 2. The van der Waals surface area contributed by atoms with Crippen LogP contribution in [0.5, 0.6) is 5.75 Å². The third kappa shape index (κ3) is 4.36. The molecule has 1 aromatic heterocycles. The molecule has 0 aliphatic rings. The molecule has 5 nitrogen and oxygen atoms in total. The third-order valence-electron chi connectivity index (χ3n) is 3.47. The summed E-state index contributed by atoms with van der Waals surface area (Å²) >= 11 is 1.60. The minimum atomic E-state index is -0.321. The molecule has 1 heterocycles. The first-order valence-corrected chi connectivity index (χ1v) is 8.86. The van der Waals surface area contributed by atoms with Gasteiger partial charge in [-0.25, -0.2) is 9.78 Å². The van der Waals surface area contributed by atoms with E-state index in [0.29, 0.717) is 23.7 Å². The van der Waals surface area contributed by atoms with Gasteiger partial charge in [0.15, 0.2) is 0 Å². The zero-order valence-electron chi connectivity index (χ0n) is 14.1. The predicted octanol–water partition coefficient (Wildman–Crippen LogP) is 5.16. The number of amides is 2. The zero-order valence-corrected chi connectivity index (χ0v) is 14.9. The van der Waals surface area contributed by atoms with Crippen molar-refractivity contribution < 1.29 is 9.53 Å². The average Bonchev–Trinajstić information content (AvgIpc) is 3.04. The average molecular weight is 353 g/mol. The molecule has 0 fully saturated rings. The Morgan fingerprint density at radius 1 is 1.16 bits per heavy atom. The first-order valence-electron chi connectivity index (χ1n) is 7.98. The molecule has 0 radical (unpaired) electrons. The SMILES string of the molecule is CCOc1ccccc1NC(=O)Nc1cccc(-c2csc(C)n2)c1. The number of urea groups is 1. The van der Waals surface area contributed by atoms with E-state index < -0.39 is 0 Å². The van der Waals surface area contributed by atoms with Crippen molar-refractivity contribution in [3.8, 4) is 17.0 Å². The fourth-order valence-corrected chi connectivity index (χ4v) is 3.01. The lowest BCUT2D eigenvalue weighted by atomic mass is 10.1. The molecule has 0 atom stereocenters. The number of para-hydroxylation sites is 2. The van der Waals surface area contributed by atoms with Gasteiger partial charge in [-0.05, 0) is 38.1 Å². The summed E-state index contributed by atoms with van der Waals surface area (Å²) in [5, 5.41) is 8.68. The van der Waals surface area contributed by atoms with Crippen LogP contribution < -0.4 is 15.4 Å². The van der Waals surface area contributed by atoms with Crippen molar-refractivity contribution in [3.63, 3.8) is 0 Å². The van der Waals surface area contributed by atoms with E-state index in [4.69, 9.17) is 4.74 Å². The second-order valence-electron chi connectivity index (χ2n) is 5.34. The first kappa shape index (κ1) is 17.0. The highest BCUT2D eigenvalue weighted by molar-refractivity contribution is 7.09. The summed E-state index contributed by atoms with van der Waals surface area (Å²) < 4.78 is 5.52. The largest absolute Gasteiger partial charge is 0.492 e. The molecule has 2 aromatic carbocycles. The summed E-state index contributed by atoms with van der Waals surface area (Å²) in [6.45, 7) is 4.41. The van der Waals surface area contributed by atoms with Crippen LogP contribution in [0.2, 0.25) is 0 Å². The topological polar surface area (TPSA) is 63.2 Å². The van der Waals surface area contributed by atoms with Crippen molar-refractivity contribution in [1.82, 2.24) is 4.98 Å². The highest BCUT2D eigenvalue weighted by atomic mass is 32.1. The maximum atomic E-state index is 12.3. The molecular formula is C19H19N3O2S. The van der Waals surface area contributed by atoms with Crippen LogP contribution in [0.3, 0.4) is 0 Å². The summed E-state index contributed by atoms with van der Waals surface area (Å²) in [6, 6.07) is 14.6. The Hall–Kier alpha value is -2.86. The van der Waals surface area contributed by atoms with Gasteiger partial charge in [-0.2, -0.15) is 0 Å². The van der Waals surface area contributed by atoms with E-state index >= 15 is 0 Å². The Morgan fingerprint density at radius 3 is 2.76 bits per heavy atom. The smallest absolute Gasteiger partial charge is 0.323 e. The molecule has 0 saturated carbocycles. The summed E-state index contributed by atoms with van der Waals surface area (Å²) in [5.74, 6) is 0.645. The van der Waals surface area contributed by atoms with E-state index in [1.54, 1.807) is 17.4 Å². The van der Waals surface area contributed by atoms with Crippen molar-refractivity contribution in [2.24, 2.45) is 0 Å². The van der Waals surface area contributed by atoms with Crippen molar-refractivity contribution in [2.45, 2.75) is 13.8 Å². The van der Waals surface area contributed by atoms with Crippen LogP contribution in [-0.2, 0) is 0 Å². The van der Waals surface area contributed by atoms with Crippen LogP contribution in [-0.4, -0.2) is 17.6 Å². The van der Waals surface area contributed by atoms with E-state index in [2.05, 4.69) is 15.6 Å². The monoisotopic (exact) mass is 353 g/mol. The lowest BCUT2D eigenvalue weighted by molar-refractivity contribution is 0.262. The minimum Gasteiger partial charge on any atom is -0.492 e. The molecule has 2 amide bonds. The van der Waals surface area contributed by atoms with Gasteiger partial charge in [-0.15, -0.1) is 11.3 Å². The maximum Gasteiger partial charge on any atom is 0.323 e. The third-order valence-corrected chi connectivity index (χ3v) is 4.24. The molecule has 0 bridgehead atoms. The second-order valence-corrected chi connectivity index (χ2v) is 6.40. The van der Waals surface area contributed by atoms with Crippen molar-refractivity contribution in [1.29, 1.82) is 0 Å². The van der Waals surface area contributed by atoms with Gasteiger partial charge in [0.2, 0.25) is 0 Å². The van der Waals surface area contributed by atoms with Gasteiger partial charge in [0.25, 0.3) is 0 Å². The summed E-state index contributed by atoms with van der Waals surface area (Å²) in [7, 11) is 0. The number of aryl methyl sites for hydroxylation is 1. The summed E-state index contributed by atoms with van der Waals surface area (Å²) in [4.78, 5) is 16.8. The Labute approximate surface area is 150 Å². The standard InChI is InChI=1S/C19H19N3O2S/c1-3-24-18-10-5-4-9-16(18)22-19(23)21-15-8-6-7-14(11-15)17-12-25-13(2)20-17/h4-12H,3H2,1-2H3,(H2,21,22,23). The van der Waals surface area contributed by atoms with E-state index in [1.165, 1.54) is 0 Å². The van der Waals surface area contributed by atoms with Crippen molar-refractivity contribution >= 4 is 28.7 Å². The number of carbonyl (C=O) groups excluding carboxylic acids is 1. The Bertz CT molecular complexity index is 876. The normalized spacial score (nSPS) is 10.3. The van der Waals surface area contributed by atoms with Crippen LogP contribution >= 0.6 is 11.3 Å². The number of carbonyl (C=O) groups is 1. The van der Waals surface area contributed by atoms with Crippen LogP contribution in [0, 0.1) is 6.92 Å². The molecule has 128 valence electrons. The Kier molecular flexibility index (Phi) is 5.30. The molecule has 0 aliphatic carbocycles. The van der Waals surface area contributed by atoms with Crippen molar-refractivity contribution in [3.05, 3.63) is 58.9 Å².